The predicted molar refractivity (Wildman–Crippen MR) is 75.0 cm³/mol. The summed E-state index contributed by atoms with van der Waals surface area (Å²) in [5.74, 6) is 0. The molecule has 0 unspecified atom stereocenters. The van der Waals surface area contributed by atoms with E-state index >= 15 is 0 Å². The number of benzene rings is 1. The number of ether oxygens (including phenoxy) is 1. The fourth-order valence-corrected chi connectivity index (χ4v) is 2.59. The summed E-state index contributed by atoms with van der Waals surface area (Å²) in [4.78, 5) is 15.6. The molecule has 1 aromatic carbocycles. The molecule has 0 N–H and O–H groups in total. The summed E-state index contributed by atoms with van der Waals surface area (Å²) in [6.45, 7) is 5.35. The third kappa shape index (κ3) is 2.96. The van der Waals surface area contributed by atoms with Gasteiger partial charge in [0.2, 0.25) is 0 Å². The van der Waals surface area contributed by atoms with E-state index in [9.17, 15) is 4.79 Å². The largest absolute Gasteiger partial charge is 0.450 e. The molecule has 0 radical (unpaired) electrons. The second-order valence-electron chi connectivity index (χ2n) is 4.12. The number of rotatable bonds is 2. The molecule has 0 saturated carbocycles. The van der Waals surface area contributed by atoms with Crippen molar-refractivity contribution in [1.82, 2.24) is 4.90 Å². The summed E-state index contributed by atoms with van der Waals surface area (Å²) in [6.07, 6.45) is -0.204. The Bertz CT molecular complexity index is 417. The highest BCUT2D eigenvalue weighted by Gasteiger charge is 2.22. The van der Waals surface area contributed by atoms with Gasteiger partial charge in [0, 0.05) is 30.7 Å². The Labute approximate surface area is 116 Å². The van der Waals surface area contributed by atoms with Gasteiger partial charge >= 0.3 is 6.09 Å². The lowest BCUT2D eigenvalue weighted by Crippen LogP contribution is -2.49. The molecule has 0 aromatic heterocycles. The molecule has 1 aliphatic heterocycles. The number of piperazine rings is 1. The molecule has 0 atom stereocenters. The number of amides is 1. The lowest BCUT2D eigenvalue weighted by molar-refractivity contribution is 0.105. The molecule has 0 spiro atoms. The number of anilines is 1. The van der Waals surface area contributed by atoms with Gasteiger partial charge in [-0.15, -0.1) is 0 Å². The van der Waals surface area contributed by atoms with Gasteiger partial charge < -0.3 is 14.5 Å². The third-order valence-corrected chi connectivity index (χ3v) is 3.67. The summed E-state index contributed by atoms with van der Waals surface area (Å²) < 4.78 is 6.10. The van der Waals surface area contributed by atoms with Gasteiger partial charge in [0.15, 0.2) is 0 Å². The first kappa shape index (κ1) is 13.2. The van der Waals surface area contributed by atoms with Gasteiger partial charge in [-0.05, 0) is 35.0 Å². The standard InChI is InChI=1S/C13H17BrN2O2/c1-2-18-13(17)16-9-7-15(8-10-16)12-6-4-3-5-11(12)14/h3-6H,2,7-10H2,1H3. The van der Waals surface area contributed by atoms with Crippen LogP contribution in [0.3, 0.4) is 0 Å². The maximum Gasteiger partial charge on any atom is 0.409 e. The van der Waals surface area contributed by atoms with E-state index in [4.69, 9.17) is 4.74 Å². The van der Waals surface area contributed by atoms with Gasteiger partial charge in [-0.25, -0.2) is 4.79 Å². The lowest BCUT2D eigenvalue weighted by Gasteiger charge is -2.35. The summed E-state index contributed by atoms with van der Waals surface area (Å²) >= 11 is 3.55. The van der Waals surface area contributed by atoms with Gasteiger partial charge in [0.25, 0.3) is 0 Å². The highest BCUT2D eigenvalue weighted by molar-refractivity contribution is 9.10. The van der Waals surface area contributed by atoms with E-state index in [2.05, 4.69) is 26.9 Å². The van der Waals surface area contributed by atoms with E-state index in [1.807, 2.05) is 25.1 Å². The molecule has 1 aromatic rings. The van der Waals surface area contributed by atoms with Crippen LogP contribution in [0.2, 0.25) is 0 Å². The van der Waals surface area contributed by atoms with Crippen molar-refractivity contribution in [2.24, 2.45) is 0 Å². The molecule has 1 amide bonds. The minimum Gasteiger partial charge on any atom is -0.450 e. The summed E-state index contributed by atoms with van der Waals surface area (Å²) in [5, 5.41) is 0. The van der Waals surface area contributed by atoms with Crippen LogP contribution in [0.4, 0.5) is 10.5 Å². The Hall–Kier alpha value is -1.23. The average molecular weight is 313 g/mol. The first-order valence-corrected chi connectivity index (χ1v) is 6.93. The van der Waals surface area contributed by atoms with Crippen molar-refractivity contribution in [2.45, 2.75) is 6.92 Å². The van der Waals surface area contributed by atoms with Crippen LogP contribution in [-0.4, -0.2) is 43.8 Å². The van der Waals surface area contributed by atoms with Crippen LogP contribution in [-0.2, 0) is 4.74 Å². The SMILES string of the molecule is CCOC(=O)N1CCN(c2ccccc2Br)CC1. The number of para-hydroxylation sites is 1. The minimum atomic E-state index is -0.204. The monoisotopic (exact) mass is 312 g/mol. The summed E-state index contributed by atoms with van der Waals surface area (Å²) in [6, 6.07) is 8.15. The molecule has 0 bridgehead atoms. The third-order valence-electron chi connectivity index (χ3n) is 3.00. The Morgan fingerprint density at radius 1 is 1.28 bits per heavy atom. The van der Waals surface area contributed by atoms with Crippen LogP contribution in [0.5, 0.6) is 0 Å². The van der Waals surface area contributed by atoms with E-state index in [1.54, 1.807) is 4.90 Å². The lowest BCUT2D eigenvalue weighted by atomic mass is 10.2. The Kier molecular flexibility index (Phi) is 4.47. The molecule has 1 saturated heterocycles. The predicted octanol–water partition coefficient (Wildman–Crippen LogP) is 2.73. The minimum absolute atomic E-state index is 0.204. The quantitative estimate of drug-likeness (QED) is 0.842. The molecule has 1 aliphatic rings. The number of halogens is 1. The average Bonchev–Trinajstić information content (AvgIpc) is 2.40. The van der Waals surface area contributed by atoms with Crippen LogP contribution in [0.1, 0.15) is 6.92 Å². The molecule has 18 heavy (non-hydrogen) atoms. The van der Waals surface area contributed by atoms with Crippen LogP contribution in [0.25, 0.3) is 0 Å². The highest BCUT2D eigenvalue weighted by atomic mass is 79.9. The van der Waals surface area contributed by atoms with Crippen LogP contribution in [0, 0.1) is 0 Å². The van der Waals surface area contributed by atoms with E-state index in [0.717, 1.165) is 17.6 Å². The smallest absolute Gasteiger partial charge is 0.409 e. The Balaban J connectivity index is 1.95. The second-order valence-corrected chi connectivity index (χ2v) is 4.98. The van der Waals surface area contributed by atoms with Crippen molar-refractivity contribution in [3.8, 4) is 0 Å². The van der Waals surface area contributed by atoms with E-state index in [0.29, 0.717) is 19.7 Å². The van der Waals surface area contributed by atoms with Gasteiger partial charge in [-0.3, -0.25) is 0 Å². The molecule has 4 nitrogen and oxygen atoms in total. The van der Waals surface area contributed by atoms with E-state index < -0.39 is 0 Å². The van der Waals surface area contributed by atoms with Crippen molar-refractivity contribution in [1.29, 1.82) is 0 Å². The first-order chi connectivity index (χ1) is 8.72. The van der Waals surface area contributed by atoms with Crippen LogP contribution in [0.15, 0.2) is 28.7 Å². The molecule has 1 fully saturated rings. The second kappa shape index (κ2) is 6.09. The van der Waals surface area contributed by atoms with E-state index in [1.165, 1.54) is 5.69 Å². The van der Waals surface area contributed by atoms with Crippen molar-refractivity contribution < 1.29 is 9.53 Å². The van der Waals surface area contributed by atoms with Gasteiger partial charge in [-0.2, -0.15) is 0 Å². The number of hydrogen-bond acceptors (Lipinski definition) is 3. The zero-order valence-electron chi connectivity index (χ0n) is 10.4. The maximum atomic E-state index is 11.6. The van der Waals surface area contributed by atoms with Crippen molar-refractivity contribution >= 4 is 27.7 Å². The Morgan fingerprint density at radius 2 is 1.94 bits per heavy atom. The zero-order valence-corrected chi connectivity index (χ0v) is 12.0. The number of hydrogen-bond donors (Lipinski definition) is 0. The highest BCUT2D eigenvalue weighted by Crippen LogP contribution is 2.26. The van der Waals surface area contributed by atoms with E-state index in [-0.39, 0.29) is 6.09 Å². The van der Waals surface area contributed by atoms with Gasteiger partial charge in [0.05, 0.1) is 12.3 Å². The van der Waals surface area contributed by atoms with Crippen molar-refractivity contribution in [3.05, 3.63) is 28.7 Å². The number of nitrogens with zero attached hydrogens (tertiary/aromatic N) is 2. The molecule has 98 valence electrons. The summed E-state index contributed by atoms with van der Waals surface area (Å²) in [7, 11) is 0. The van der Waals surface area contributed by atoms with Crippen molar-refractivity contribution in [3.63, 3.8) is 0 Å². The fourth-order valence-electron chi connectivity index (χ4n) is 2.05. The maximum absolute atomic E-state index is 11.6. The van der Waals surface area contributed by atoms with Crippen LogP contribution < -0.4 is 4.90 Å². The molecular formula is C13H17BrN2O2. The number of carbonyl (C=O) groups is 1. The van der Waals surface area contributed by atoms with Crippen molar-refractivity contribution in [2.75, 3.05) is 37.7 Å². The number of carbonyl (C=O) groups excluding carboxylic acids is 1. The normalized spacial score (nSPS) is 15.7. The summed E-state index contributed by atoms with van der Waals surface area (Å²) in [5.41, 5.74) is 1.18. The molecule has 0 aliphatic carbocycles. The van der Waals surface area contributed by atoms with Crippen LogP contribution >= 0.6 is 15.9 Å². The topological polar surface area (TPSA) is 32.8 Å². The first-order valence-electron chi connectivity index (χ1n) is 6.13. The fraction of sp³-hybridized carbons (Fsp3) is 0.462. The van der Waals surface area contributed by atoms with Gasteiger partial charge in [-0.1, -0.05) is 12.1 Å². The van der Waals surface area contributed by atoms with Gasteiger partial charge in [0.1, 0.15) is 0 Å². The molecular weight excluding hydrogens is 296 g/mol. The molecule has 2 rings (SSSR count). The zero-order chi connectivity index (χ0) is 13.0. The Morgan fingerprint density at radius 3 is 2.56 bits per heavy atom. The molecule has 5 heteroatoms. The molecule has 1 heterocycles.